The van der Waals surface area contributed by atoms with E-state index in [9.17, 15) is 0 Å². The molecule has 1 atom stereocenters. The minimum atomic E-state index is -0.214. The summed E-state index contributed by atoms with van der Waals surface area (Å²) in [6, 6.07) is 9.30. The molecule has 1 aromatic heterocycles. The van der Waals surface area contributed by atoms with Gasteiger partial charge in [-0.1, -0.05) is 12.1 Å². The van der Waals surface area contributed by atoms with Crippen LogP contribution in [0.3, 0.4) is 0 Å². The average molecular weight is 258 g/mol. The zero-order valence-electron chi connectivity index (χ0n) is 10.8. The van der Waals surface area contributed by atoms with Gasteiger partial charge in [-0.05, 0) is 30.7 Å². The van der Waals surface area contributed by atoms with Crippen LogP contribution >= 0.6 is 0 Å². The molecule has 0 aliphatic rings. The Kier molecular flexibility index (Phi) is 4.33. The molecule has 0 spiro atoms. The van der Waals surface area contributed by atoms with Gasteiger partial charge in [0.1, 0.15) is 5.75 Å². The van der Waals surface area contributed by atoms with E-state index in [1.807, 2.05) is 31.2 Å². The highest BCUT2D eigenvalue weighted by Gasteiger charge is 2.15. The average Bonchev–Trinajstić information content (AvgIpc) is 2.43. The fourth-order valence-corrected chi connectivity index (χ4v) is 1.97. The topological polar surface area (TPSA) is 86.2 Å². The molecule has 0 radical (unpaired) electrons. The highest BCUT2D eigenvalue weighted by molar-refractivity contribution is 5.50. The molecule has 5 heteroatoms. The van der Waals surface area contributed by atoms with Crippen LogP contribution in [0.2, 0.25) is 0 Å². The van der Waals surface area contributed by atoms with E-state index < -0.39 is 0 Å². The molecule has 1 heterocycles. The summed E-state index contributed by atoms with van der Waals surface area (Å²) in [6.07, 6.45) is 3.37. The highest BCUT2D eigenvalue weighted by atomic mass is 16.5. The monoisotopic (exact) mass is 258 g/mol. The molecule has 100 valence electrons. The van der Waals surface area contributed by atoms with Crippen LogP contribution in [-0.4, -0.2) is 11.6 Å². The van der Waals surface area contributed by atoms with Gasteiger partial charge in [-0.3, -0.25) is 10.8 Å². The molecule has 1 aromatic carbocycles. The van der Waals surface area contributed by atoms with Crippen molar-refractivity contribution in [2.24, 2.45) is 5.84 Å². The minimum absolute atomic E-state index is 0.214. The van der Waals surface area contributed by atoms with Crippen molar-refractivity contribution in [3.05, 3.63) is 53.9 Å². The van der Waals surface area contributed by atoms with Crippen LogP contribution in [0.4, 0.5) is 5.69 Å². The molecule has 0 bridgehead atoms. The second-order valence-corrected chi connectivity index (χ2v) is 4.11. The van der Waals surface area contributed by atoms with Gasteiger partial charge in [0, 0.05) is 23.6 Å². The van der Waals surface area contributed by atoms with Gasteiger partial charge in [0.05, 0.1) is 12.6 Å². The second-order valence-electron chi connectivity index (χ2n) is 4.11. The van der Waals surface area contributed by atoms with Crippen LogP contribution in [-0.2, 0) is 0 Å². The number of nitrogens with two attached hydrogens (primary N) is 2. The summed E-state index contributed by atoms with van der Waals surface area (Å²) in [5.74, 6) is 6.46. The van der Waals surface area contributed by atoms with E-state index in [0.29, 0.717) is 12.3 Å². The first kappa shape index (κ1) is 13.3. The van der Waals surface area contributed by atoms with Gasteiger partial charge >= 0.3 is 0 Å². The number of nitrogens with zero attached hydrogens (tertiary/aromatic N) is 1. The van der Waals surface area contributed by atoms with E-state index in [4.69, 9.17) is 16.3 Å². The number of hydrogen-bond acceptors (Lipinski definition) is 5. The van der Waals surface area contributed by atoms with Crippen molar-refractivity contribution in [1.82, 2.24) is 10.4 Å². The van der Waals surface area contributed by atoms with Crippen molar-refractivity contribution >= 4 is 5.69 Å². The van der Waals surface area contributed by atoms with E-state index in [1.165, 1.54) is 0 Å². The SMILES string of the molecule is CCOc1cccc(C(NN)c2cnccc2N)c1. The quantitative estimate of drug-likeness (QED) is 0.560. The minimum Gasteiger partial charge on any atom is -0.494 e. The predicted octanol–water partition coefficient (Wildman–Crippen LogP) is 1.62. The van der Waals surface area contributed by atoms with Crippen molar-refractivity contribution in [2.75, 3.05) is 12.3 Å². The summed E-state index contributed by atoms with van der Waals surface area (Å²) in [7, 11) is 0. The van der Waals surface area contributed by atoms with E-state index in [0.717, 1.165) is 16.9 Å². The van der Waals surface area contributed by atoms with Gasteiger partial charge in [-0.25, -0.2) is 5.43 Å². The Morgan fingerprint density at radius 1 is 1.37 bits per heavy atom. The van der Waals surface area contributed by atoms with Gasteiger partial charge in [0.25, 0.3) is 0 Å². The molecule has 19 heavy (non-hydrogen) atoms. The zero-order chi connectivity index (χ0) is 13.7. The second kappa shape index (κ2) is 6.17. The molecule has 1 unspecified atom stereocenters. The molecule has 5 nitrogen and oxygen atoms in total. The molecule has 0 aliphatic heterocycles. The lowest BCUT2D eigenvalue weighted by Crippen LogP contribution is -2.29. The van der Waals surface area contributed by atoms with E-state index in [2.05, 4.69) is 10.4 Å². The number of rotatable bonds is 5. The number of ether oxygens (including phenoxy) is 1. The lowest BCUT2D eigenvalue weighted by Gasteiger charge is -2.18. The number of nitrogens with one attached hydrogen (secondary N) is 1. The summed E-state index contributed by atoms with van der Waals surface area (Å²) in [5.41, 5.74) is 11.2. The van der Waals surface area contributed by atoms with E-state index >= 15 is 0 Å². The van der Waals surface area contributed by atoms with Gasteiger partial charge in [0.2, 0.25) is 0 Å². The van der Waals surface area contributed by atoms with Crippen LogP contribution in [0, 0.1) is 0 Å². The van der Waals surface area contributed by atoms with E-state index in [-0.39, 0.29) is 6.04 Å². The number of benzene rings is 1. The molecule has 2 aromatic rings. The van der Waals surface area contributed by atoms with Crippen LogP contribution < -0.4 is 21.7 Å². The third kappa shape index (κ3) is 3.01. The summed E-state index contributed by atoms with van der Waals surface area (Å²) in [4.78, 5) is 4.09. The molecule has 2 rings (SSSR count). The fourth-order valence-electron chi connectivity index (χ4n) is 1.97. The van der Waals surface area contributed by atoms with Gasteiger partial charge in [-0.2, -0.15) is 0 Å². The maximum Gasteiger partial charge on any atom is 0.119 e. The number of hydrazine groups is 1. The van der Waals surface area contributed by atoms with Crippen molar-refractivity contribution < 1.29 is 4.74 Å². The maximum absolute atomic E-state index is 5.96. The Balaban J connectivity index is 2.37. The molecular weight excluding hydrogens is 240 g/mol. The van der Waals surface area contributed by atoms with Crippen molar-refractivity contribution in [3.63, 3.8) is 0 Å². The van der Waals surface area contributed by atoms with Crippen LogP contribution in [0.15, 0.2) is 42.7 Å². The summed E-state index contributed by atoms with van der Waals surface area (Å²) >= 11 is 0. The molecule has 5 N–H and O–H groups in total. The van der Waals surface area contributed by atoms with Gasteiger partial charge < -0.3 is 10.5 Å². The van der Waals surface area contributed by atoms with Gasteiger partial charge in [-0.15, -0.1) is 0 Å². The Morgan fingerprint density at radius 3 is 2.89 bits per heavy atom. The summed E-state index contributed by atoms with van der Waals surface area (Å²) in [5, 5.41) is 0. The molecule has 0 amide bonds. The maximum atomic E-state index is 5.96. The molecule has 0 fully saturated rings. The smallest absolute Gasteiger partial charge is 0.119 e. The molecule has 0 saturated carbocycles. The zero-order valence-corrected chi connectivity index (χ0v) is 10.8. The first-order valence-corrected chi connectivity index (χ1v) is 6.14. The third-order valence-corrected chi connectivity index (χ3v) is 2.87. The Labute approximate surface area is 112 Å². The number of nitrogen functional groups attached to an aromatic ring is 1. The van der Waals surface area contributed by atoms with Crippen molar-refractivity contribution in [3.8, 4) is 5.75 Å². The standard InChI is InChI=1S/C14H18N4O/c1-2-19-11-5-3-4-10(8-11)14(18-16)12-9-17-7-6-13(12)15/h3-9,14,18H,2,16H2,1H3,(H2,15,17). The Bertz CT molecular complexity index is 544. The van der Waals surface area contributed by atoms with Gasteiger partial charge in [0.15, 0.2) is 0 Å². The summed E-state index contributed by atoms with van der Waals surface area (Å²) < 4.78 is 5.49. The first-order chi connectivity index (χ1) is 9.26. The molecule has 0 saturated heterocycles. The number of aromatic nitrogens is 1. The summed E-state index contributed by atoms with van der Waals surface area (Å²) in [6.45, 7) is 2.57. The third-order valence-electron chi connectivity index (χ3n) is 2.87. The Hall–Kier alpha value is -2.11. The highest BCUT2D eigenvalue weighted by Crippen LogP contribution is 2.27. The van der Waals surface area contributed by atoms with E-state index in [1.54, 1.807) is 18.5 Å². The lowest BCUT2D eigenvalue weighted by atomic mass is 9.99. The fraction of sp³-hybridized carbons (Fsp3) is 0.214. The number of hydrogen-bond donors (Lipinski definition) is 3. The van der Waals surface area contributed by atoms with Crippen LogP contribution in [0.1, 0.15) is 24.1 Å². The Morgan fingerprint density at radius 2 is 2.21 bits per heavy atom. The van der Waals surface area contributed by atoms with Crippen LogP contribution in [0.25, 0.3) is 0 Å². The number of anilines is 1. The van der Waals surface area contributed by atoms with Crippen molar-refractivity contribution in [1.29, 1.82) is 0 Å². The lowest BCUT2D eigenvalue weighted by molar-refractivity contribution is 0.339. The number of pyridine rings is 1. The predicted molar refractivity (Wildman–Crippen MR) is 75.4 cm³/mol. The van der Waals surface area contributed by atoms with Crippen molar-refractivity contribution in [2.45, 2.75) is 13.0 Å². The largest absolute Gasteiger partial charge is 0.494 e. The molecular formula is C14H18N4O. The molecule has 0 aliphatic carbocycles. The normalized spacial score (nSPS) is 12.1. The first-order valence-electron chi connectivity index (χ1n) is 6.14. The van der Waals surface area contributed by atoms with Crippen LogP contribution in [0.5, 0.6) is 5.75 Å².